The third kappa shape index (κ3) is 5.37. The molecular formula is C30H33FN4O4S. The van der Waals surface area contributed by atoms with Gasteiger partial charge in [0.05, 0.1) is 17.5 Å². The van der Waals surface area contributed by atoms with Gasteiger partial charge in [-0.25, -0.2) is 17.8 Å². The van der Waals surface area contributed by atoms with Crippen molar-refractivity contribution in [2.75, 3.05) is 30.2 Å². The quantitative estimate of drug-likeness (QED) is 0.266. The topological polar surface area (TPSA) is 99.5 Å². The van der Waals surface area contributed by atoms with Crippen molar-refractivity contribution >= 4 is 32.6 Å². The second kappa shape index (κ2) is 10.7. The van der Waals surface area contributed by atoms with Gasteiger partial charge in [0.15, 0.2) is 0 Å². The maximum Gasteiger partial charge on any atom is 0.232 e. The summed E-state index contributed by atoms with van der Waals surface area (Å²) in [5.74, 6) is 1.13. The van der Waals surface area contributed by atoms with Crippen LogP contribution in [0.4, 0.5) is 10.1 Å². The number of fused-ring (bicyclic) bond motifs is 1. The summed E-state index contributed by atoms with van der Waals surface area (Å²) in [5.41, 5.74) is 3.49. The number of nitrogens with zero attached hydrogens (tertiary/aromatic N) is 3. The van der Waals surface area contributed by atoms with Crippen molar-refractivity contribution in [3.05, 3.63) is 60.2 Å². The lowest BCUT2D eigenvalue weighted by atomic mass is 10.0. The van der Waals surface area contributed by atoms with Gasteiger partial charge >= 0.3 is 0 Å². The van der Waals surface area contributed by atoms with Crippen LogP contribution in [0.15, 0.2) is 53.2 Å². The predicted molar refractivity (Wildman–Crippen MR) is 153 cm³/mol. The summed E-state index contributed by atoms with van der Waals surface area (Å²) in [5, 5.41) is 0.814. The van der Waals surface area contributed by atoms with Gasteiger partial charge in [0.25, 0.3) is 0 Å². The van der Waals surface area contributed by atoms with Gasteiger partial charge in [0.2, 0.25) is 15.9 Å². The third-order valence-electron chi connectivity index (χ3n) is 7.83. The van der Waals surface area contributed by atoms with E-state index in [-0.39, 0.29) is 24.2 Å². The number of carbonyl (C=O) groups is 1. The molecule has 0 radical (unpaired) electrons. The second-order valence-corrected chi connectivity index (χ2v) is 12.7. The Morgan fingerprint density at radius 1 is 1.15 bits per heavy atom. The molecule has 0 atom stereocenters. The van der Waals surface area contributed by atoms with Gasteiger partial charge in [0.1, 0.15) is 23.0 Å². The number of anilines is 1. The standard InChI is InChI=1S/C30H33FN4O4S/c1-40(37,38)35(17-5-6-27(36)34-15-3-2-4-16-34)25-19-26-24(18-23(25)20-7-8-20)28(30-32-13-14-33-30)29(39-26)21-9-11-22(31)12-10-21/h9-14,18-20H,2-8,15-17H2,1H3,(H,32,33). The first-order valence-electron chi connectivity index (χ1n) is 13.9. The molecule has 1 aliphatic heterocycles. The average molecular weight is 565 g/mol. The third-order valence-corrected chi connectivity index (χ3v) is 9.01. The van der Waals surface area contributed by atoms with E-state index < -0.39 is 10.0 Å². The van der Waals surface area contributed by atoms with Crippen molar-refractivity contribution in [1.29, 1.82) is 0 Å². The first-order valence-corrected chi connectivity index (χ1v) is 15.8. The number of H-pyrrole nitrogens is 1. The lowest BCUT2D eigenvalue weighted by molar-refractivity contribution is -0.132. The number of furan rings is 1. The molecule has 4 aromatic rings. The summed E-state index contributed by atoms with van der Waals surface area (Å²) in [6.07, 6.45) is 10.5. The Balaban J connectivity index is 1.40. The van der Waals surface area contributed by atoms with Gasteiger partial charge in [0, 0.05) is 55.5 Å². The summed E-state index contributed by atoms with van der Waals surface area (Å²) < 4.78 is 47.7. The summed E-state index contributed by atoms with van der Waals surface area (Å²) in [6, 6.07) is 9.90. The molecule has 1 saturated carbocycles. The average Bonchev–Trinajstić information content (AvgIpc) is 3.51. The summed E-state index contributed by atoms with van der Waals surface area (Å²) in [4.78, 5) is 22.3. The Kier molecular flexibility index (Phi) is 7.12. The molecular weight excluding hydrogens is 531 g/mol. The van der Waals surface area contributed by atoms with Gasteiger partial charge in [-0.3, -0.25) is 9.10 Å². The van der Waals surface area contributed by atoms with Crippen LogP contribution in [0.2, 0.25) is 0 Å². The van der Waals surface area contributed by atoms with Crippen LogP contribution in [0.25, 0.3) is 33.7 Å². The number of amides is 1. The monoisotopic (exact) mass is 564 g/mol. The molecule has 0 bridgehead atoms. The van der Waals surface area contributed by atoms with Crippen LogP contribution in [0, 0.1) is 5.82 Å². The number of carbonyl (C=O) groups excluding carboxylic acids is 1. The van der Waals surface area contributed by atoms with Crippen molar-refractivity contribution in [1.82, 2.24) is 14.9 Å². The number of aromatic nitrogens is 2. The SMILES string of the molecule is CS(=O)(=O)N(CCCC(=O)N1CCCCC1)c1cc2oc(-c3ccc(F)cc3)c(-c3ncc[nH]3)c2cc1C1CC1. The smallest absolute Gasteiger partial charge is 0.232 e. The van der Waals surface area contributed by atoms with Crippen LogP contribution >= 0.6 is 0 Å². The molecule has 2 aromatic heterocycles. The summed E-state index contributed by atoms with van der Waals surface area (Å²) in [6.45, 7) is 1.77. The number of likely N-dealkylation sites (tertiary alicyclic amines) is 1. The van der Waals surface area contributed by atoms with Crippen LogP contribution < -0.4 is 4.31 Å². The van der Waals surface area contributed by atoms with Gasteiger partial charge in [-0.1, -0.05) is 0 Å². The Morgan fingerprint density at radius 2 is 1.90 bits per heavy atom. The van der Waals surface area contributed by atoms with Crippen molar-refractivity contribution in [3.8, 4) is 22.7 Å². The van der Waals surface area contributed by atoms with Crippen molar-refractivity contribution in [2.45, 2.75) is 50.9 Å². The molecule has 2 fully saturated rings. The molecule has 10 heteroatoms. The largest absolute Gasteiger partial charge is 0.455 e. The van der Waals surface area contributed by atoms with E-state index in [4.69, 9.17) is 4.42 Å². The highest BCUT2D eigenvalue weighted by atomic mass is 32.2. The van der Waals surface area contributed by atoms with E-state index in [1.165, 1.54) is 22.7 Å². The van der Waals surface area contributed by atoms with Gasteiger partial charge in [-0.2, -0.15) is 0 Å². The van der Waals surface area contributed by atoms with Crippen LogP contribution in [0.3, 0.4) is 0 Å². The van der Waals surface area contributed by atoms with E-state index in [0.29, 0.717) is 41.3 Å². The van der Waals surface area contributed by atoms with E-state index in [1.807, 2.05) is 11.0 Å². The Bertz CT molecular complexity index is 1620. The fourth-order valence-electron chi connectivity index (χ4n) is 5.67. The van der Waals surface area contributed by atoms with Crippen molar-refractivity contribution in [2.24, 2.45) is 0 Å². The number of sulfonamides is 1. The molecule has 6 rings (SSSR count). The molecule has 8 nitrogen and oxygen atoms in total. The summed E-state index contributed by atoms with van der Waals surface area (Å²) >= 11 is 0. The maximum atomic E-state index is 13.7. The van der Waals surface area contributed by atoms with Gasteiger partial charge < -0.3 is 14.3 Å². The zero-order chi connectivity index (χ0) is 27.9. The zero-order valence-corrected chi connectivity index (χ0v) is 23.3. The molecule has 3 heterocycles. The van der Waals surface area contributed by atoms with E-state index in [1.54, 1.807) is 30.6 Å². The predicted octanol–water partition coefficient (Wildman–Crippen LogP) is 6.07. The molecule has 2 aromatic carbocycles. The first-order chi connectivity index (χ1) is 19.3. The number of rotatable bonds is 9. The lowest BCUT2D eigenvalue weighted by Gasteiger charge is -2.28. The lowest BCUT2D eigenvalue weighted by Crippen LogP contribution is -2.36. The minimum Gasteiger partial charge on any atom is -0.455 e. The highest BCUT2D eigenvalue weighted by Gasteiger charge is 2.33. The van der Waals surface area contributed by atoms with E-state index in [0.717, 1.165) is 61.7 Å². The Morgan fingerprint density at radius 3 is 2.55 bits per heavy atom. The van der Waals surface area contributed by atoms with E-state index in [2.05, 4.69) is 9.97 Å². The highest BCUT2D eigenvalue weighted by Crippen LogP contribution is 2.49. The second-order valence-electron chi connectivity index (χ2n) is 10.8. The molecule has 1 aliphatic carbocycles. The number of imidazole rings is 1. The molecule has 2 aliphatic rings. The minimum absolute atomic E-state index is 0.0871. The Hall–Kier alpha value is -3.66. The highest BCUT2D eigenvalue weighted by molar-refractivity contribution is 7.92. The maximum absolute atomic E-state index is 13.7. The van der Waals surface area contributed by atoms with Gasteiger partial charge in [-0.05, 0) is 80.3 Å². The number of benzene rings is 2. The van der Waals surface area contributed by atoms with Gasteiger partial charge in [-0.15, -0.1) is 0 Å². The van der Waals surface area contributed by atoms with Crippen LogP contribution in [0.5, 0.6) is 0 Å². The number of nitrogens with one attached hydrogen (secondary N) is 1. The van der Waals surface area contributed by atoms with Crippen LogP contribution in [-0.4, -0.2) is 55.1 Å². The number of halogens is 1. The fourth-order valence-corrected chi connectivity index (χ4v) is 6.64. The number of piperidine rings is 1. The fraction of sp³-hybridized carbons (Fsp3) is 0.400. The number of hydrogen-bond acceptors (Lipinski definition) is 5. The molecule has 0 unspecified atom stereocenters. The van der Waals surface area contributed by atoms with Crippen molar-refractivity contribution < 1.29 is 22.0 Å². The van der Waals surface area contributed by atoms with Crippen LogP contribution in [0.1, 0.15) is 56.4 Å². The van der Waals surface area contributed by atoms with E-state index >= 15 is 0 Å². The first kappa shape index (κ1) is 26.6. The molecule has 0 spiro atoms. The minimum atomic E-state index is -3.63. The van der Waals surface area contributed by atoms with Crippen molar-refractivity contribution in [3.63, 3.8) is 0 Å². The molecule has 1 N–H and O–H groups in total. The zero-order valence-electron chi connectivity index (χ0n) is 22.5. The molecule has 1 amide bonds. The Labute approximate surface area is 233 Å². The van der Waals surface area contributed by atoms with Crippen LogP contribution in [-0.2, 0) is 14.8 Å². The summed E-state index contributed by atoms with van der Waals surface area (Å²) in [7, 11) is -3.63. The van der Waals surface area contributed by atoms with E-state index in [9.17, 15) is 17.6 Å². The number of hydrogen-bond donors (Lipinski definition) is 1. The molecule has 1 saturated heterocycles. The molecule has 210 valence electrons. The number of aromatic amines is 1. The normalized spacial score (nSPS) is 16.0. The molecule has 40 heavy (non-hydrogen) atoms.